The van der Waals surface area contributed by atoms with Crippen molar-refractivity contribution in [1.29, 1.82) is 0 Å². The van der Waals surface area contributed by atoms with Crippen LogP contribution in [0.4, 0.5) is 4.39 Å². The first-order valence-corrected chi connectivity index (χ1v) is 5.55. The average Bonchev–Trinajstić information content (AvgIpc) is 2.82. The minimum Gasteiger partial charge on any atom is -0.310 e. The lowest BCUT2D eigenvalue weighted by atomic mass is 10.0. The van der Waals surface area contributed by atoms with E-state index in [4.69, 9.17) is 11.6 Å². The van der Waals surface area contributed by atoms with Gasteiger partial charge in [0.2, 0.25) is 0 Å². The first-order valence-electron chi connectivity index (χ1n) is 5.17. The first kappa shape index (κ1) is 12.0. The van der Waals surface area contributed by atoms with Crippen LogP contribution in [0.2, 0.25) is 5.02 Å². The molecule has 0 radical (unpaired) electrons. The second-order valence-electron chi connectivity index (χ2n) is 3.62. The SMILES string of the molecule is CNC(Cc1c(F)cccc1Cl)c1ncn[nH]1. The van der Waals surface area contributed by atoms with Gasteiger partial charge in [-0.25, -0.2) is 9.37 Å². The molecule has 17 heavy (non-hydrogen) atoms. The Morgan fingerprint density at radius 2 is 2.35 bits per heavy atom. The van der Waals surface area contributed by atoms with Gasteiger partial charge >= 0.3 is 0 Å². The Labute approximate surface area is 103 Å². The van der Waals surface area contributed by atoms with Crippen molar-refractivity contribution in [2.75, 3.05) is 7.05 Å². The molecular weight excluding hydrogens is 243 g/mol. The van der Waals surface area contributed by atoms with Crippen molar-refractivity contribution < 1.29 is 4.39 Å². The molecule has 2 aromatic rings. The highest BCUT2D eigenvalue weighted by Crippen LogP contribution is 2.24. The number of benzene rings is 1. The van der Waals surface area contributed by atoms with E-state index in [2.05, 4.69) is 20.5 Å². The van der Waals surface area contributed by atoms with Crippen LogP contribution in [0.25, 0.3) is 0 Å². The molecule has 1 heterocycles. The molecule has 0 spiro atoms. The summed E-state index contributed by atoms with van der Waals surface area (Å²) in [4.78, 5) is 4.05. The van der Waals surface area contributed by atoms with Gasteiger partial charge in [0.15, 0.2) is 0 Å². The van der Waals surface area contributed by atoms with E-state index in [0.29, 0.717) is 22.8 Å². The maximum atomic E-state index is 13.6. The van der Waals surface area contributed by atoms with Gasteiger partial charge < -0.3 is 5.32 Å². The molecular formula is C11H12ClFN4. The second kappa shape index (κ2) is 5.25. The molecule has 0 saturated heterocycles. The van der Waals surface area contributed by atoms with Crippen LogP contribution in [0.1, 0.15) is 17.4 Å². The Balaban J connectivity index is 2.25. The molecule has 0 bridgehead atoms. The van der Waals surface area contributed by atoms with Crippen molar-refractivity contribution in [1.82, 2.24) is 20.5 Å². The van der Waals surface area contributed by atoms with E-state index in [1.807, 2.05) is 0 Å². The topological polar surface area (TPSA) is 53.6 Å². The number of nitrogens with one attached hydrogen (secondary N) is 2. The molecule has 1 atom stereocenters. The van der Waals surface area contributed by atoms with Gasteiger partial charge in [0, 0.05) is 10.6 Å². The summed E-state index contributed by atoms with van der Waals surface area (Å²) in [6, 6.07) is 4.51. The van der Waals surface area contributed by atoms with Crippen LogP contribution >= 0.6 is 11.6 Å². The summed E-state index contributed by atoms with van der Waals surface area (Å²) in [7, 11) is 1.78. The highest BCUT2D eigenvalue weighted by molar-refractivity contribution is 6.31. The standard InChI is InChI=1S/C11H12ClFN4/c1-14-10(11-15-6-16-17-11)5-7-8(12)3-2-4-9(7)13/h2-4,6,10,14H,5H2,1H3,(H,15,16,17). The first-order chi connectivity index (χ1) is 8.22. The van der Waals surface area contributed by atoms with Gasteiger partial charge in [-0.3, -0.25) is 5.10 Å². The molecule has 0 aliphatic carbocycles. The zero-order valence-corrected chi connectivity index (χ0v) is 10.0. The Morgan fingerprint density at radius 3 is 2.94 bits per heavy atom. The quantitative estimate of drug-likeness (QED) is 0.879. The predicted molar refractivity (Wildman–Crippen MR) is 63.3 cm³/mol. The third-order valence-corrected chi connectivity index (χ3v) is 2.94. The molecule has 2 rings (SSSR count). The fourth-order valence-electron chi connectivity index (χ4n) is 1.65. The molecule has 0 fully saturated rings. The number of rotatable bonds is 4. The molecule has 1 aromatic heterocycles. The molecule has 0 saturated carbocycles. The number of hydrogen-bond donors (Lipinski definition) is 2. The Bertz CT molecular complexity index is 466. The van der Waals surface area contributed by atoms with Gasteiger partial charge in [-0.2, -0.15) is 5.10 Å². The minimum atomic E-state index is -0.308. The monoisotopic (exact) mass is 254 g/mol. The van der Waals surface area contributed by atoms with Gasteiger partial charge in [-0.05, 0) is 25.6 Å². The fourth-order valence-corrected chi connectivity index (χ4v) is 1.89. The van der Waals surface area contributed by atoms with Crippen molar-refractivity contribution in [3.8, 4) is 0 Å². The number of hydrogen-bond acceptors (Lipinski definition) is 3. The molecule has 0 amide bonds. The number of likely N-dealkylation sites (N-methyl/N-ethyl adjacent to an activating group) is 1. The van der Waals surface area contributed by atoms with E-state index in [0.717, 1.165) is 0 Å². The average molecular weight is 255 g/mol. The highest BCUT2D eigenvalue weighted by atomic mass is 35.5. The lowest BCUT2D eigenvalue weighted by Crippen LogP contribution is -2.21. The Morgan fingerprint density at radius 1 is 1.53 bits per heavy atom. The third-order valence-electron chi connectivity index (χ3n) is 2.58. The van der Waals surface area contributed by atoms with E-state index in [-0.39, 0.29) is 11.9 Å². The molecule has 0 aliphatic rings. The highest BCUT2D eigenvalue weighted by Gasteiger charge is 2.17. The van der Waals surface area contributed by atoms with Crippen LogP contribution in [-0.2, 0) is 6.42 Å². The summed E-state index contributed by atoms with van der Waals surface area (Å²) in [6.45, 7) is 0. The number of H-pyrrole nitrogens is 1. The van der Waals surface area contributed by atoms with Gasteiger partial charge in [-0.15, -0.1) is 0 Å². The van der Waals surface area contributed by atoms with E-state index in [1.165, 1.54) is 12.4 Å². The molecule has 90 valence electrons. The smallest absolute Gasteiger partial charge is 0.141 e. The number of aromatic amines is 1. The van der Waals surface area contributed by atoms with Crippen molar-refractivity contribution in [3.63, 3.8) is 0 Å². The van der Waals surface area contributed by atoms with Crippen LogP contribution < -0.4 is 5.32 Å². The van der Waals surface area contributed by atoms with Gasteiger partial charge in [0.05, 0.1) is 6.04 Å². The molecule has 1 unspecified atom stereocenters. The van der Waals surface area contributed by atoms with Crippen molar-refractivity contribution in [2.45, 2.75) is 12.5 Å². The van der Waals surface area contributed by atoms with Crippen LogP contribution in [0, 0.1) is 5.82 Å². The minimum absolute atomic E-state index is 0.146. The summed E-state index contributed by atoms with van der Waals surface area (Å²) in [5.74, 6) is 0.351. The van der Waals surface area contributed by atoms with E-state index < -0.39 is 0 Å². The Kier molecular flexibility index (Phi) is 3.71. The lowest BCUT2D eigenvalue weighted by molar-refractivity contribution is 0.534. The second-order valence-corrected chi connectivity index (χ2v) is 4.02. The largest absolute Gasteiger partial charge is 0.310 e. The fraction of sp³-hybridized carbons (Fsp3) is 0.273. The van der Waals surface area contributed by atoms with Crippen molar-refractivity contribution >= 4 is 11.6 Å². The van der Waals surface area contributed by atoms with Crippen LogP contribution in [-0.4, -0.2) is 22.2 Å². The molecule has 1 aromatic carbocycles. The number of nitrogens with zero attached hydrogens (tertiary/aromatic N) is 2. The molecule has 6 heteroatoms. The zero-order chi connectivity index (χ0) is 12.3. The summed E-state index contributed by atoms with van der Waals surface area (Å²) < 4.78 is 13.6. The van der Waals surface area contributed by atoms with E-state index in [9.17, 15) is 4.39 Å². The summed E-state index contributed by atoms with van der Waals surface area (Å²) >= 11 is 5.98. The maximum Gasteiger partial charge on any atom is 0.141 e. The van der Waals surface area contributed by atoms with Crippen LogP contribution in [0.5, 0.6) is 0 Å². The van der Waals surface area contributed by atoms with Crippen molar-refractivity contribution in [3.05, 3.63) is 46.8 Å². The van der Waals surface area contributed by atoms with Crippen LogP contribution in [0.15, 0.2) is 24.5 Å². The van der Waals surface area contributed by atoms with Gasteiger partial charge in [0.1, 0.15) is 18.0 Å². The maximum absolute atomic E-state index is 13.6. The lowest BCUT2D eigenvalue weighted by Gasteiger charge is -2.14. The summed E-state index contributed by atoms with van der Waals surface area (Å²) in [5, 5.41) is 10.0. The summed E-state index contributed by atoms with van der Waals surface area (Å²) in [5.41, 5.74) is 0.477. The summed E-state index contributed by atoms with van der Waals surface area (Å²) in [6.07, 6.45) is 1.83. The third kappa shape index (κ3) is 2.62. The van der Waals surface area contributed by atoms with Gasteiger partial charge in [0.25, 0.3) is 0 Å². The van der Waals surface area contributed by atoms with E-state index in [1.54, 1.807) is 19.2 Å². The molecule has 4 nitrogen and oxygen atoms in total. The van der Waals surface area contributed by atoms with Crippen molar-refractivity contribution in [2.24, 2.45) is 0 Å². The van der Waals surface area contributed by atoms with Crippen LogP contribution in [0.3, 0.4) is 0 Å². The normalized spacial score (nSPS) is 12.6. The number of aromatic nitrogens is 3. The van der Waals surface area contributed by atoms with Gasteiger partial charge in [-0.1, -0.05) is 17.7 Å². The predicted octanol–water partition coefficient (Wildman–Crippen LogP) is 2.10. The van der Waals surface area contributed by atoms with E-state index >= 15 is 0 Å². The Hall–Kier alpha value is -1.46. The number of halogens is 2. The molecule has 2 N–H and O–H groups in total. The zero-order valence-electron chi connectivity index (χ0n) is 9.24. The molecule has 0 aliphatic heterocycles.